The van der Waals surface area contributed by atoms with Gasteiger partial charge in [-0.2, -0.15) is 0 Å². The first-order chi connectivity index (χ1) is 14.6. The van der Waals surface area contributed by atoms with E-state index in [2.05, 4.69) is 49.9 Å². The van der Waals surface area contributed by atoms with E-state index in [1.807, 2.05) is 36.4 Å². The summed E-state index contributed by atoms with van der Waals surface area (Å²) < 4.78 is 16.9. The quantitative estimate of drug-likeness (QED) is 0.347. The summed E-state index contributed by atoms with van der Waals surface area (Å²) in [6, 6.07) is 14.6. The Balaban J connectivity index is 0.000000477. The molecule has 2 atom stereocenters. The van der Waals surface area contributed by atoms with Gasteiger partial charge in [-0.1, -0.05) is 0 Å². The van der Waals surface area contributed by atoms with Crippen molar-refractivity contribution in [2.75, 3.05) is 13.2 Å². The molecule has 7 nitrogen and oxygen atoms in total. The van der Waals surface area contributed by atoms with Crippen molar-refractivity contribution in [3.63, 3.8) is 0 Å². The van der Waals surface area contributed by atoms with Gasteiger partial charge in [-0.15, -0.1) is 0 Å². The van der Waals surface area contributed by atoms with Crippen LogP contribution in [0.4, 0.5) is 0 Å². The van der Waals surface area contributed by atoms with Crippen LogP contribution in [-0.2, 0) is 19.1 Å². The Morgan fingerprint density at radius 1 is 0.839 bits per heavy atom. The van der Waals surface area contributed by atoms with E-state index >= 15 is 0 Å². The molecule has 0 aromatic heterocycles. The average molecular weight is 658 g/mol. The molecule has 2 aromatic carbocycles. The minimum Gasteiger partial charge on any atom is -0.508 e. The summed E-state index contributed by atoms with van der Waals surface area (Å²) >= 11 is 4.40. The summed E-state index contributed by atoms with van der Waals surface area (Å²) in [5.74, 6) is 0.102. The van der Waals surface area contributed by atoms with Crippen molar-refractivity contribution >= 4 is 57.1 Å². The Kier molecular flexibility index (Phi) is 16.1. The molecule has 9 heteroatoms. The predicted molar refractivity (Wildman–Crippen MR) is 135 cm³/mol. The molecule has 31 heavy (non-hydrogen) atoms. The zero-order valence-corrected chi connectivity index (χ0v) is 22.2. The van der Waals surface area contributed by atoms with Crippen LogP contribution in [0.5, 0.6) is 11.5 Å². The van der Waals surface area contributed by atoms with Crippen LogP contribution < -0.4 is 4.74 Å². The van der Waals surface area contributed by atoms with Gasteiger partial charge in [0.25, 0.3) is 0 Å². The van der Waals surface area contributed by atoms with E-state index in [9.17, 15) is 9.59 Å². The fraction of sp³-hybridized carbons (Fsp3) is 0.364. The number of halogens is 2. The molecule has 2 N–H and O–H groups in total. The zero-order chi connectivity index (χ0) is 23.8. The molecule has 0 spiro atoms. The van der Waals surface area contributed by atoms with E-state index in [-0.39, 0.29) is 5.97 Å². The lowest BCUT2D eigenvalue weighted by molar-refractivity contribution is -0.152. The van der Waals surface area contributed by atoms with Crippen LogP contribution in [0, 0.1) is 7.14 Å². The van der Waals surface area contributed by atoms with Crippen molar-refractivity contribution in [2.45, 2.75) is 39.9 Å². The molecule has 0 unspecified atom stereocenters. The standard InChI is InChI=1S/C11H13IO3.C6H5IO.C5H10O3/c1-3-14-11(13)8(2)15-10-6-4-9(12)5-7-10;7-5-1-3-6(8)4-2-5;1-3-8-5(7)4(2)6/h4-8H,3H2,1-2H3;1-4,8H;4,6H,3H2,1-2H3/t8-;;4-/m1.0/s1. The Morgan fingerprint density at radius 2 is 1.26 bits per heavy atom. The molecule has 0 saturated heterocycles. The smallest absolute Gasteiger partial charge is 0.347 e. The van der Waals surface area contributed by atoms with Crippen LogP contribution in [0.25, 0.3) is 0 Å². The molecule has 0 amide bonds. The largest absolute Gasteiger partial charge is 0.508 e. The molecule has 0 bridgehead atoms. The van der Waals surface area contributed by atoms with E-state index in [4.69, 9.17) is 19.7 Å². The number of aromatic hydroxyl groups is 1. The Morgan fingerprint density at radius 3 is 1.61 bits per heavy atom. The molecular formula is C22H28I2O7. The summed E-state index contributed by atoms with van der Waals surface area (Å²) in [5.41, 5.74) is 0. The monoisotopic (exact) mass is 658 g/mol. The van der Waals surface area contributed by atoms with E-state index < -0.39 is 18.2 Å². The fourth-order valence-corrected chi connectivity index (χ4v) is 2.45. The average Bonchev–Trinajstić information content (AvgIpc) is 2.73. The summed E-state index contributed by atoms with van der Waals surface area (Å²) in [7, 11) is 0. The van der Waals surface area contributed by atoms with Crippen molar-refractivity contribution in [2.24, 2.45) is 0 Å². The van der Waals surface area contributed by atoms with Crippen LogP contribution in [0.15, 0.2) is 48.5 Å². The van der Waals surface area contributed by atoms with Gasteiger partial charge in [0.1, 0.15) is 17.6 Å². The lowest BCUT2D eigenvalue weighted by Gasteiger charge is -2.13. The van der Waals surface area contributed by atoms with Crippen LogP contribution >= 0.6 is 45.2 Å². The Bertz CT molecular complexity index is 741. The number of ether oxygens (including phenoxy) is 3. The molecule has 172 valence electrons. The van der Waals surface area contributed by atoms with Gasteiger partial charge in [0.15, 0.2) is 6.10 Å². The molecule has 0 aliphatic heterocycles. The number of benzene rings is 2. The van der Waals surface area contributed by atoms with E-state index in [0.717, 1.165) is 7.14 Å². The first-order valence-corrected chi connectivity index (χ1v) is 11.6. The topological polar surface area (TPSA) is 102 Å². The molecular weight excluding hydrogens is 630 g/mol. The van der Waals surface area contributed by atoms with Crippen LogP contribution in [-0.4, -0.2) is 47.6 Å². The highest BCUT2D eigenvalue weighted by atomic mass is 127. The normalized spacial score (nSPS) is 11.5. The first-order valence-electron chi connectivity index (χ1n) is 9.48. The van der Waals surface area contributed by atoms with Crippen LogP contribution in [0.1, 0.15) is 27.7 Å². The second kappa shape index (κ2) is 17.0. The maximum Gasteiger partial charge on any atom is 0.347 e. The third-order valence-electron chi connectivity index (χ3n) is 3.20. The predicted octanol–water partition coefficient (Wildman–Crippen LogP) is 4.55. The molecule has 2 rings (SSSR count). The second-order valence-electron chi connectivity index (χ2n) is 5.87. The van der Waals surface area contributed by atoms with Crippen LogP contribution in [0.2, 0.25) is 0 Å². The summed E-state index contributed by atoms with van der Waals surface area (Å²) in [6.07, 6.45) is -1.56. The highest BCUT2D eigenvalue weighted by molar-refractivity contribution is 14.1. The number of hydrogen-bond acceptors (Lipinski definition) is 7. The number of hydrogen-bond donors (Lipinski definition) is 2. The van der Waals surface area contributed by atoms with Crippen molar-refractivity contribution in [1.82, 2.24) is 0 Å². The lowest BCUT2D eigenvalue weighted by atomic mass is 10.3. The highest BCUT2D eigenvalue weighted by Crippen LogP contribution is 2.15. The zero-order valence-electron chi connectivity index (χ0n) is 17.9. The minimum absolute atomic E-state index is 0.323. The molecule has 0 saturated carbocycles. The van der Waals surface area contributed by atoms with Gasteiger partial charge >= 0.3 is 11.9 Å². The summed E-state index contributed by atoms with van der Waals surface area (Å²) in [4.78, 5) is 21.5. The van der Waals surface area contributed by atoms with E-state index in [0.29, 0.717) is 24.7 Å². The third-order valence-corrected chi connectivity index (χ3v) is 4.64. The van der Waals surface area contributed by atoms with Crippen molar-refractivity contribution < 1.29 is 34.0 Å². The number of carbonyl (C=O) groups excluding carboxylic acids is 2. The number of carbonyl (C=O) groups is 2. The Hall–Kier alpha value is -1.60. The first kappa shape index (κ1) is 29.4. The molecule has 0 heterocycles. The minimum atomic E-state index is -0.991. The van der Waals surface area contributed by atoms with Gasteiger partial charge in [-0.25, -0.2) is 9.59 Å². The summed E-state index contributed by atoms with van der Waals surface area (Å²) in [6.45, 7) is 7.21. The van der Waals surface area contributed by atoms with Gasteiger partial charge < -0.3 is 24.4 Å². The number of rotatable bonds is 6. The SMILES string of the molecule is CCOC(=O)[C@@H](C)Oc1ccc(I)cc1.CCOC(=O)[C@H](C)O.Oc1ccc(I)cc1. The third kappa shape index (κ3) is 14.9. The van der Waals surface area contributed by atoms with E-state index in [1.165, 1.54) is 6.92 Å². The molecule has 2 aromatic rings. The number of aliphatic hydroxyl groups excluding tert-OH is 1. The number of phenols is 1. The Labute approximate surface area is 210 Å². The van der Waals surface area contributed by atoms with Gasteiger partial charge in [-0.3, -0.25) is 0 Å². The van der Waals surface area contributed by atoms with Crippen molar-refractivity contribution in [3.8, 4) is 11.5 Å². The number of esters is 2. The molecule has 0 fully saturated rings. The highest BCUT2D eigenvalue weighted by Gasteiger charge is 2.15. The maximum absolute atomic E-state index is 11.3. The lowest BCUT2D eigenvalue weighted by Crippen LogP contribution is -2.25. The number of phenolic OH excluding ortho intramolecular Hbond substituents is 1. The molecule has 0 aliphatic rings. The van der Waals surface area contributed by atoms with Gasteiger partial charge in [0, 0.05) is 7.14 Å². The van der Waals surface area contributed by atoms with Crippen LogP contribution in [0.3, 0.4) is 0 Å². The summed E-state index contributed by atoms with van der Waals surface area (Å²) in [5, 5.41) is 17.2. The second-order valence-corrected chi connectivity index (χ2v) is 8.36. The fourth-order valence-electron chi connectivity index (χ4n) is 1.73. The molecule has 0 radical (unpaired) electrons. The number of aliphatic hydroxyl groups is 1. The van der Waals surface area contributed by atoms with Gasteiger partial charge in [0.2, 0.25) is 0 Å². The van der Waals surface area contributed by atoms with Gasteiger partial charge in [0.05, 0.1) is 13.2 Å². The maximum atomic E-state index is 11.3. The van der Waals surface area contributed by atoms with Crippen molar-refractivity contribution in [1.29, 1.82) is 0 Å². The van der Waals surface area contributed by atoms with E-state index in [1.54, 1.807) is 32.9 Å². The van der Waals surface area contributed by atoms with Crippen molar-refractivity contribution in [3.05, 3.63) is 55.7 Å². The molecule has 0 aliphatic carbocycles. The van der Waals surface area contributed by atoms with Gasteiger partial charge in [-0.05, 0) is 121 Å².